The molecule has 34 heavy (non-hydrogen) atoms. The molecule has 6 heterocycles. The fourth-order valence-corrected chi connectivity index (χ4v) is 4.13. The molecule has 172 valence electrons. The molecule has 0 saturated heterocycles. The molecule has 0 radical (unpaired) electrons. The summed E-state index contributed by atoms with van der Waals surface area (Å²) in [5.41, 5.74) is 1.30. The number of halogens is 4. The molecule has 0 bridgehead atoms. The van der Waals surface area contributed by atoms with E-state index in [1.807, 2.05) is 0 Å². The van der Waals surface area contributed by atoms with Crippen molar-refractivity contribution >= 4 is 11.5 Å². The molecular weight excluding hydrogens is 456 g/mol. The molecule has 13 heteroatoms. The van der Waals surface area contributed by atoms with E-state index in [4.69, 9.17) is 4.42 Å². The van der Waals surface area contributed by atoms with Gasteiger partial charge in [0.15, 0.2) is 0 Å². The van der Waals surface area contributed by atoms with Gasteiger partial charge in [-0.25, -0.2) is 14.5 Å². The molecule has 1 aliphatic heterocycles. The van der Waals surface area contributed by atoms with Crippen LogP contribution >= 0.6 is 0 Å². The second-order valence-corrected chi connectivity index (χ2v) is 7.66. The van der Waals surface area contributed by atoms with Crippen LogP contribution in [0.4, 0.5) is 23.6 Å². The van der Waals surface area contributed by atoms with Crippen LogP contribution in [0.1, 0.15) is 28.8 Å². The standard InChI is InChI=1S/C21H14F4N8O/c22-16-6-2-4-13(28-16)19-29-30-20(34-19)32-8-7-12-17(27-10-26-12)18(32)14-9-11-3-1-5-15(21(23,24)25)33(11)31-14/h1-6,9-10,18H,7-8H2,(H,26,27)/t18-/m0/s1. The molecule has 1 N–H and O–H groups in total. The molecule has 5 aromatic heterocycles. The van der Waals surface area contributed by atoms with Crippen molar-refractivity contribution in [2.24, 2.45) is 0 Å². The predicted octanol–water partition coefficient (Wildman–Crippen LogP) is 3.81. The average Bonchev–Trinajstić information content (AvgIpc) is 3.56. The molecule has 0 fully saturated rings. The zero-order chi connectivity index (χ0) is 23.4. The van der Waals surface area contributed by atoms with Crippen molar-refractivity contribution in [2.45, 2.75) is 18.6 Å². The largest absolute Gasteiger partial charge is 0.433 e. The minimum Gasteiger partial charge on any atom is -0.402 e. The minimum atomic E-state index is -4.58. The smallest absolute Gasteiger partial charge is 0.402 e. The topological polar surface area (TPSA) is 101 Å². The number of imidazole rings is 1. The van der Waals surface area contributed by atoms with Crippen LogP contribution in [0.3, 0.4) is 0 Å². The lowest BCUT2D eigenvalue weighted by Gasteiger charge is -2.32. The molecule has 6 rings (SSSR count). The zero-order valence-electron chi connectivity index (χ0n) is 17.2. The maximum Gasteiger partial charge on any atom is 0.433 e. The molecule has 1 aliphatic rings. The fraction of sp³-hybridized carbons (Fsp3) is 0.190. The van der Waals surface area contributed by atoms with Crippen molar-refractivity contribution in [3.05, 3.63) is 77.5 Å². The van der Waals surface area contributed by atoms with Gasteiger partial charge in [-0.05, 0) is 30.3 Å². The Labute approximate surface area is 188 Å². The molecule has 0 saturated carbocycles. The lowest BCUT2D eigenvalue weighted by molar-refractivity contribution is -0.142. The Kier molecular flexibility index (Phi) is 4.40. The van der Waals surface area contributed by atoms with Gasteiger partial charge < -0.3 is 14.3 Å². The third-order valence-electron chi connectivity index (χ3n) is 5.59. The number of aromatic amines is 1. The summed E-state index contributed by atoms with van der Waals surface area (Å²) < 4.78 is 60.8. The molecule has 9 nitrogen and oxygen atoms in total. The monoisotopic (exact) mass is 470 g/mol. The van der Waals surface area contributed by atoms with Gasteiger partial charge in [-0.2, -0.15) is 22.7 Å². The van der Waals surface area contributed by atoms with Crippen molar-refractivity contribution in [3.63, 3.8) is 0 Å². The lowest BCUT2D eigenvalue weighted by Crippen LogP contribution is -2.37. The zero-order valence-corrected chi connectivity index (χ0v) is 17.2. The number of fused-ring (bicyclic) bond motifs is 2. The number of nitrogens with zero attached hydrogens (tertiary/aromatic N) is 7. The maximum absolute atomic E-state index is 13.5. The van der Waals surface area contributed by atoms with E-state index < -0.39 is 23.9 Å². The van der Waals surface area contributed by atoms with Crippen LogP contribution < -0.4 is 4.90 Å². The Hall–Kier alpha value is -4.29. The Morgan fingerprint density at radius 2 is 1.94 bits per heavy atom. The number of hydrogen-bond donors (Lipinski definition) is 1. The normalized spacial score (nSPS) is 16.2. The maximum atomic E-state index is 13.5. The molecule has 1 atom stereocenters. The first-order chi connectivity index (χ1) is 16.4. The Balaban J connectivity index is 1.46. The van der Waals surface area contributed by atoms with Crippen LogP contribution in [0.25, 0.3) is 17.1 Å². The number of pyridine rings is 2. The molecule has 0 amide bonds. The molecular formula is C21H14F4N8O. The third-order valence-corrected chi connectivity index (χ3v) is 5.59. The van der Waals surface area contributed by atoms with Crippen molar-refractivity contribution in [3.8, 4) is 11.6 Å². The van der Waals surface area contributed by atoms with Gasteiger partial charge in [0.05, 0.1) is 23.2 Å². The van der Waals surface area contributed by atoms with Crippen LogP contribution in [0, 0.1) is 5.95 Å². The number of aromatic nitrogens is 7. The Bertz CT molecular complexity index is 1500. The third kappa shape index (κ3) is 3.27. The molecule has 0 aliphatic carbocycles. The first-order valence-electron chi connectivity index (χ1n) is 10.2. The van der Waals surface area contributed by atoms with Crippen molar-refractivity contribution < 1.29 is 22.0 Å². The van der Waals surface area contributed by atoms with Crippen LogP contribution in [-0.4, -0.2) is 41.3 Å². The van der Waals surface area contributed by atoms with E-state index in [-0.39, 0.29) is 23.1 Å². The van der Waals surface area contributed by atoms with Crippen LogP contribution in [0.15, 0.2) is 53.2 Å². The number of nitrogens with one attached hydrogen (secondary N) is 1. The predicted molar refractivity (Wildman–Crippen MR) is 109 cm³/mol. The first-order valence-corrected chi connectivity index (χ1v) is 10.2. The second kappa shape index (κ2) is 7.37. The summed E-state index contributed by atoms with van der Waals surface area (Å²) in [7, 11) is 0. The summed E-state index contributed by atoms with van der Waals surface area (Å²) in [5.74, 6) is -0.685. The van der Waals surface area contributed by atoms with E-state index in [1.54, 1.807) is 17.0 Å². The average molecular weight is 470 g/mol. The van der Waals surface area contributed by atoms with E-state index >= 15 is 0 Å². The minimum absolute atomic E-state index is 0.00966. The van der Waals surface area contributed by atoms with Gasteiger partial charge in [0, 0.05) is 18.7 Å². The van der Waals surface area contributed by atoms with E-state index in [9.17, 15) is 17.6 Å². The number of alkyl halides is 3. The SMILES string of the molecule is Fc1cccc(-c2nnc(N3CCc4[nH]cnc4[C@@H]3c3cc4cccc(C(F)(F)F)n4n3)o2)n1. The van der Waals surface area contributed by atoms with Crippen LogP contribution in [0.2, 0.25) is 0 Å². The van der Waals surface area contributed by atoms with Gasteiger partial charge in [-0.1, -0.05) is 17.2 Å². The van der Waals surface area contributed by atoms with Gasteiger partial charge in [0.1, 0.15) is 17.4 Å². The second-order valence-electron chi connectivity index (χ2n) is 7.66. The summed E-state index contributed by atoms with van der Waals surface area (Å²) >= 11 is 0. The molecule has 0 spiro atoms. The number of rotatable bonds is 3. The number of hydrogen-bond acceptors (Lipinski definition) is 7. The van der Waals surface area contributed by atoms with Crippen molar-refractivity contribution in [2.75, 3.05) is 11.4 Å². The lowest BCUT2D eigenvalue weighted by atomic mass is 10.0. The number of anilines is 1. The van der Waals surface area contributed by atoms with Crippen molar-refractivity contribution in [1.29, 1.82) is 0 Å². The van der Waals surface area contributed by atoms with Crippen molar-refractivity contribution in [1.82, 2.24) is 34.8 Å². The van der Waals surface area contributed by atoms with Gasteiger partial charge in [0.25, 0.3) is 5.89 Å². The van der Waals surface area contributed by atoms with Gasteiger partial charge >= 0.3 is 12.2 Å². The van der Waals surface area contributed by atoms with Crippen LogP contribution in [0.5, 0.6) is 0 Å². The van der Waals surface area contributed by atoms with Gasteiger partial charge in [0.2, 0.25) is 5.95 Å². The Morgan fingerprint density at radius 1 is 1.09 bits per heavy atom. The first kappa shape index (κ1) is 20.3. The van der Waals surface area contributed by atoms with Crippen LogP contribution in [-0.2, 0) is 12.6 Å². The van der Waals surface area contributed by atoms with E-state index in [0.717, 1.165) is 16.3 Å². The highest BCUT2D eigenvalue weighted by molar-refractivity contribution is 5.54. The summed E-state index contributed by atoms with van der Waals surface area (Å²) in [4.78, 5) is 12.9. The molecule has 5 aromatic rings. The van der Waals surface area contributed by atoms with Gasteiger partial charge in [-0.15, -0.1) is 5.10 Å². The van der Waals surface area contributed by atoms with E-state index in [1.165, 1.54) is 30.6 Å². The quantitative estimate of drug-likeness (QED) is 0.316. The summed E-state index contributed by atoms with van der Waals surface area (Å²) in [6.07, 6.45) is -2.50. The highest BCUT2D eigenvalue weighted by Gasteiger charge is 2.38. The highest BCUT2D eigenvalue weighted by Crippen LogP contribution is 2.38. The van der Waals surface area contributed by atoms with E-state index in [0.29, 0.717) is 24.4 Å². The Morgan fingerprint density at radius 3 is 2.76 bits per heavy atom. The summed E-state index contributed by atoms with van der Waals surface area (Å²) in [6.45, 7) is 0.401. The fourth-order valence-electron chi connectivity index (χ4n) is 4.13. The molecule has 0 aromatic carbocycles. The highest BCUT2D eigenvalue weighted by atomic mass is 19.4. The number of H-pyrrole nitrogens is 1. The van der Waals surface area contributed by atoms with Gasteiger partial charge in [-0.3, -0.25) is 0 Å². The summed E-state index contributed by atoms with van der Waals surface area (Å²) in [6, 6.07) is 9.01. The summed E-state index contributed by atoms with van der Waals surface area (Å²) in [5, 5.41) is 12.3. The van der Waals surface area contributed by atoms with E-state index in [2.05, 4.69) is 30.2 Å². The molecule has 0 unspecified atom stereocenters.